The van der Waals surface area contributed by atoms with Gasteiger partial charge in [-0.15, -0.1) is 0 Å². The summed E-state index contributed by atoms with van der Waals surface area (Å²) in [7, 11) is 5.61. The van der Waals surface area contributed by atoms with Crippen LogP contribution in [0.1, 0.15) is 5.56 Å². The van der Waals surface area contributed by atoms with Gasteiger partial charge in [-0.3, -0.25) is 4.98 Å². The Hall–Kier alpha value is -1.53. The fraction of sp³-hybridized carbons (Fsp3) is 0. The maximum atomic E-state index is 8.74. The Kier molecular flexibility index (Phi) is 2.15. The fourth-order valence-corrected chi connectivity index (χ4v) is 1.50. The highest BCUT2D eigenvalue weighted by Gasteiger charge is 2.05. The summed E-state index contributed by atoms with van der Waals surface area (Å²) in [6.45, 7) is 0. The first-order valence-corrected chi connectivity index (χ1v) is 4.34. The lowest BCUT2D eigenvalue weighted by atomic mass is 9.94. The molecule has 14 heavy (non-hydrogen) atoms. The molecule has 0 saturated heterocycles. The molecule has 0 unspecified atom stereocenters. The van der Waals surface area contributed by atoms with Crippen LogP contribution in [-0.4, -0.2) is 12.8 Å². The molecule has 0 bridgehead atoms. The minimum absolute atomic E-state index is 0.366. The quantitative estimate of drug-likeness (QED) is 0.602. The molecule has 0 aliphatic heterocycles. The van der Waals surface area contributed by atoms with Crippen molar-refractivity contribution in [1.82, 2.24) is 4.98 Å². The molecule has 0 aliphatic carbocycles. The lowest BCUT2D eigenvalue weighted by molar-refractivity contribution is 1.37. The van der Waals surface area contributed by atoms with Crippen LogP contribution in [0.4, 0.5) is 0 Å². The van der Waals surface area contributed by atoms with Crippen molar-refractivity contribution in [2.24, 2.45) is 0 Å². The Morgan fingerprint density at radius 1 is 1.43 bits per heavy atom. The van der Waals surface area contributed by atoms with Crippen LogP contribution in [0.3, 0.4) is 0 Å². The molecule has 0 spiro atoms. The summed E-state index contributed by atoms with van der Waals surface area (Å²) < 4.78 is 0. The third-order valence-corrected chi connectivity index (χ3v) is 2.35. The number of aromatic nitrogens is 1. The van der Waals surface area contributed by atoms with Gasteiger partial charge in [0, 0.05) is 11.6 Å². The van der Waals surface area contributed by atoms with E-state index in [4.69, 9.17) is 24.7 Å². The highest BCUT2D eigenvalue weighted by Crippen LogP contribution is 2.23. The van der Waals surface area contributed by atoms with E-state index < -0.39 is 0 Å². The normalized spacial score (nSPS) is 10.0. The summed E-state index contributed by atoms with van der Waals surface area (Å²) in [5.74, 6) is 0. The Morgan fingerprint density at radius 3 is 2.93 bits per heavy atom. The van der Waals surface area contributed by atoms with Crippen molar-refractivity contribution in [1.29, 1.82) is 5.26 Å². The van der Waals surface area contributed by atoms with Gasteiger partial charge in [0.15, 0.2) is 0 Å². The summed E-state index contributed by atoms with van der Waals surface area (Å²) in [5.41, 5.74) is 1.71. The minimum Gasteiger partial charge on any atom is -0.255 e. The predicted molar refractivity (Wildman–Crippen MR) is 56.9 cm³/mol. The largest absolute Gasteiger partial charge is 0.255 e. The second kappa shape index (κ2) is 3.32. The monoisotopic (exact) mass is 198 g/mol. The van der Waals surface area contributed by atoms with E-state index in [0.717, 1.165) is 5.52 Å². The number of rotatable bonds is 0. The molecule has 2 rings (SSSR count). The minimum atomic E-state index is 0.366. The van der Waals surface area contributed by atoms with Crippen LogP contribution in [0.5, 0.6) is 0 Å². The van der Waals surface area contributed by atoms with Crippen molar-refractivity contribution < 1.29 is 0 Å². The van der Waals surface area contributed by atoms with Crippen LogP contribution in [0.2, 0.25) is 5.02 Å². The zero-order chi connectivity index (χ0) is 10.1. The van der Waals surface area contributed by atoms with E-state index in [-0.39, 0.29) is 0 Å². The highest BCUT2D eigenvalue weighted by atomic mass is 35.5. The van der Waals surface area contributed by atoms with Gasteiger partial charge in [0.05, 0.1) is 16.1 Å². The Morgan fingerprint density at radius 2 is 2.21 bits per heavy atom. The summed E-state index contributed by atoms with van der Waals surface area (Å²) in [6, 6.07) is 7.21. The number of fused-ring (bicyclic) bond motifs is 1. The second-order valence-electron chi connectivity index (χ2n) is 2.87. The fourth-order valence-electron chi connectivity index (χ4n) is 1.26. The molecule has 64 valence electrons. The molecule has 1 heterocycles. The number of nitriles is 1. The molecule has 2 aromatic rings. The molecule has 4 heteroatoms. The predicted octanol–water partition coefficient (Wildman–Crippen LogP) is 1.55. The summed E-state index contributed by atoms with van der Waals surface area (Å²) in [6.07, 6.45) is 1.46. The second-order valence-corrected chi connectivity index (χ2v) is 3.25. The highest BCUT2D eigenvalue weighted by molar-refractivity contribution is 6.38. The van der Waals surface area contributed by atoms with Gasteiger partial charge in [-0.25, -0.2) is 0 Å². The first-order valence-electron chi connectivity index (χ1n) is 3.96. The average Bonchev–Trinajstić information content (AvgIpc) is 2.20. The molecule has 2 radical (unpaired) electrons. The number of hydrogen-bond donors (Lipinski definition) is 0. The molecule has 0 fully saturated rings. The molecule has 1 aromatic heterocycles. The zero-order valence-electron chi connectivity index (χ0n) is 7.16. The Balaban J connectivity index is 2.88. The Labute approximate surface area is 87.5 Å². The molecule has 0 N–H and O–H groups in total. The number of pyridine rings is 1. The van der Waals surface area contributed by atoms with Gasteiger partial charge in [-0.05, 0) is 6.07 Å². The van der Waals surface area contributed by atoms with E-state index in [1.54, 1.807) is 18.2 Å². The van der Waals surface area contributed by atoms with Crippen molar-refractivity contribution in [3.8, 4) is 6.07 Å². The zero-order valence-corrected chi connectivity index (χ0v) is 7.92. The van der Waals surface area contributed by atoms with E-state index in [2.05, 4.69) is 4.98 Å². The topological polar surface area (TPSA) is 36.7 Å². The molecular formula is C10H4BClN2. The van der Waals surface area contributed by atoms with E-state index >= 15 is 0 Å². The molecule has 2 nitrogen and oxygen atoms in total. The standard InChI is InChI=1S/C10H4BClN2/c11-7-1-2-9-8(3-7)10(12)6(4-13)5-14-9/h1-3,5H. The summed E-state index contributed by atoms with van der Waals surface area (Å²) in [4.78, 5) is 4.09. The third kappa shape index (κ3) is 1.34. The van der Waals surface area contributed by atoms with Crippen molar-refractivity contribution >= 4 is 35.8 Å². The van der Waals surface area contributed by atoms with Crippen LogP contribution in [0, 0.1) is 11.3 Å². The van der Waals surface area contributed by atoms with E-state index in [9.17, 15) is 0 Å². The number of halogens is 1. The van der Waals surface area contributed by atoms with Crippen LogP contribution < -0.4 is 5.46 Å². The molecule has 0 atom stereocenters. The van der Waals surface area contributed by atoms with Crippen LogP contribution in [-0.2, 0) is 0 Å². The molecule has 0 aliphatic rings. The Bertz CT molecular complexity index is 546. The van der Waals surface area contributed by atoms with Gasteiger partial charge in [0.1, 0.15) is 13.9 Å². The molecular weight excluding hydrogens is 194 g/mol. The van der Waals surface area contributed by atoms with Crippen LogP contribution in [0.15, 0.2) is 24.4 Å². The first kappa shape index (κ1) is 9.05. The third-order valence-electron chi connectivity index (χ3n) is 1.95. The van der Waals surface area contributed by atoms with Crippen molar-refractivity contribution in [3.63, 3.8) is 0 Å². The lowest BCUT2D eigenvalue weighted by Gasteiger charge is -2.02. The number of benzene rings is 1. The summed E-state index contributed by atoms with van der Waals surface area (Å²) >= 11 is 6.00. The van der Waals surface area contributed by atoms with Crippen molar-refractivity contribution in [3.05, 3.63) is 35.0 Å². The van der Waals surface area contributed by atoms with Gasteiger partial charge >= 0.3 is 0 Å². The average molecular weight is 198 g/mol. The summed E-state index contributed by atoms with van der Waals surface area (Å²) in [5, 5.41) is 9.86. The number of nitrogens with zero attached hydrogens (tertiary/aromatic N) is 2. The molecule has 1 aromatic carbocycles. The lowest BCUT2D eigenvalue weighted by Crippen LogP contribution is -2.00. The van der Waals surface area contributed by atoms with Crippen LogP contribution >= 0.6 is 11.6 Å². The van der Waals surface area contributed by atoms with E-state index in [1.165, 1.54) is 6.20 Å². The molecule has 0 saturated carbocycles. The maximum Gasteiger partial charge on any atom is 0.113 e. The van der Waals surface area contributed by atoms with Crippen molar-refractivity contribution in [2.45, 2.75) is 0 Å². The van der Waals surface area contributed by atoms with Crippen molar-refractivity contribution in [2.75, 3.05) is 0 Å². The number of hydrogen-bond acceptors (Lipinski definition) is 2. The smallest absolute Gasteiger partial charge is 0.113 e. The molecule has 0 amide bonds. The first-order chi connectivity index (χ1) is 6.72. The van der Waals surface area contributed by atoms with Gasteiger partial charge < -0.3 is 0 Å². The maximum absolute atomic E-state index is 8.74. The van der Waals surface area contributed by atoms with Gasteiger partial charge in [-0.1, -0.05) is 29.2 Å². The van der Waals surface area contributed by atoms with E-state index in [0.29, 0.717) is 21.4 Å². The van der Waals surface area contributed by atoms with Crippen LogP contribution in [0.25, 0.3) is 10.9 Å². The van der Waals surface area contributed by atoms with Gasteiger partial charge in [0.25, 0.3) is 0 Å². The van der Waals surface area contributed by atoms with E-state index in [1.807, 2.05) is 6.07 Å². The SMILES string of the molecule is [B]c1ccc2ncc(C#N)c(Cl)c2c1. The van der Waals surface area contributed by atoms with Gasteiger partial charge in [-0.2, -0.15) is 5.26 Å². The van der Waals surface area contributed by atoms with Gasteiger partial charge in [0.2, 0.25) is 0 Å².